The minimum Gasteiger partial charge on any atom is -0.186 e. The maximum Gasteiger partial charge on any atom is 0.0951 e. The highest BCUT2D eigenvalue weighted by molar-refractivity contribution is 6.25. The lowest BCUT2D eigenvalue weighted by atomic mass is 10.2. The predicted molar refractivity (Wildman–Crippen MR) is 35.6 cm³/mol. The SMILES string of the molecule is ClC=C1C2CCC1N=N2. The van der Waals surface area contributed by atoms with Gasteiger partial charge in [-0.1, -0.05) is 11.6 Å². The van der Waals surface area contributed by atoms with Crippen LogP contribution in [0.3, 0.4) is 0 Å². The molecular weight excluding hydrogens is 136 g/mol. The zero-order valence-electron chi connectivity index (χ0n) is 4.92. The molecule has 0 N–H and O–H groups in total. The Labute approximate surface area is 58.6 Å². The molecule has 2 rings (SSSR count). The molecule has 0 saturated heterocycles. The minimum atomic E-state index is 0.340. The molecule has 0 aromatic rings. The lowest BCUT2D eigenvalue weighted by Gasteiger charge is -1.94. The van der Waals surface area contributed by atoms with Gasteiger partial charge >= 0.3 is 0 Å². The normalized spacial score (nSPS) is 38.1. The van der Waals surface area contributed by atoms with E-state index in [-0.39, 0.29) is 0 Å². The smallest absolute Gasteiger partial charge is 0.0951 e. The Morgan fingerprint density at radius 1 is 1.33 bits per heavy atom. The first-order chi connectivity index (χ1) is 4.42. The Morgan fingerprint density at radius 2 is 1.89 bits per heavy atom. The molecule has 3 heteroatoms. The van der Waals surface area contributed by atoms with Crippen molar-refractivity contribution in [1.82, 2.24) is 0 Å². The molecule has 1 aliphatic carbocycles. The molecule has 2 atom stereocenters. The van der Waals surface area contributed by atoms with E-state index in [4.69, 9.17) is 11.6 Å². The summed E-state index contributed by atoms with van der Waals surface area (Å²) < 4.78 is 0. The standard InChI is InChI=1S/C6H7ClN2/c7-3-4-5-1-2-6(4)9-8-5/h3,5-6H,1-2H2. The highest BCUT2D eigenvalue weighted by atomic mass is 35.5. The summed E-state index contributed by atoms with van der Waals surface area (Å²) in [4.78, 5) is 0. The zero-order chi connectivity index (χ0) is 6.27. The Hall–Kier alpha value is -0.370. The molecule has 0 spiro atoms. The van der Waals surface area contributed by atoms with Crippen molar-refractivity contribution in [2.45, 2.75) is 24.9 Å². The van der Waals surface area contributed by atoms with Crippen LogP contribution in [0.5, 0.6) is 0 Å². The van der Waals surface area contributed by atoms with Crippen LogP contribution in [-0.4, -0.2) is 12.1 Å². The fraction of sp³-hybridized carbons (Fsp3) is 0.667. The molecule has 48 valence electrons. The lowest BCUT2D eigenvalue weighted by Crippen LogP contribution is -1.97. The molecule has 1 heterocycles. The average molecular weight is 143 g/mol. The maximum atomic E-state index is 5.56. The molecule has 0 aromatic carbocycles. The predicted octanol–water partition coefficient (Wildman–Crippen LogP) is 2.11. The summed E-state index contributed by atoms with van der Waals surface area (Å²) in [5.74, 6) is 0. The van der Waals surface area contributed by atoms with Crippen molar-refractivity contribution >= 4 is 11.6 Å². The van der Waals surface area contributed by atoms with E-state index < -0.39 is 0 Å². The lowest BCUT2D eigenvalue weighted by molar-refractivity contribution is 0.643. The summed E-state index contributed by atoms with van der Waals surface area (Å²) in [6, 6.07) is 0.681. The molecule has 1 fully saturated rings. The fourth-order valence-electron chi connectivity index (χ4n) is 1.43. The second kappa shape index (κ2) is 1.81. The molecule has 1 aliphatic heterocycles. The highest BCUT2D eigenvalue weighted by Crippen LogP contribution is 2.36. The van der Waals surface area contributed by atoms with Crippen LogP contribution in [-0.2, 0) is 0 Å². The Kier molecular flexibility index (Phi) is 1.09. The van der Waals surface area contributed by atoms with Gasteiger partial charge in [-0.25, -0.2) is 0 Å². The van der Waals surface area contributed by atoms with Crippen molar-refractivity contribution in [2.24, 2.45) is 10.2 Å². The van der Waals surface area contributed by atoms with Gasteiger partial charge < -0.3 is 0 Å². The molecule has 2 nitrogen and oxygen atoms in total. The van der Waals surface area contributed by atoms with Gasteiger partial charge in [0.25, 0.3) is 0 Å². The van der Waals surface area contributed by atoms with Gasteiger partial charge in [-0.15, -0.1) is 0 Å². The van der Waals surface area contributed by atoms with Crippen LogP contribution in [0.4, 0.5) is 0 Å². The first-order valence-electron chi connectivity index (χ1n) is 3.12. The first-order valence-corrected chi connectivity index (χ1v) is 3.55. The van der Waals surface area contributed by atoms with Crippen molar-refractivity contribution in [3.63, 3.8) is 0 Å². The average Bonchev–Trinajstić information content (AvgIpc) is 2.44. The van der Waals surface area contributed by atoms with E-state index in [1.807, 2.05) is 0 Å². The van der Waals surface area contributed by atoms with Crippen molar-refractivity contribution in [1.29, 1.82) is 0 Å². The third-order valence-corrected chi connectivity index (χ3v) is 2.21. The summed E-state index contributed by atoms with van der Waals surface area (Å²) in [7, 11) is 0. The Balaban J connectivity index is 2.35. The maximum absolute atomic E-state index is 5.56. The Bertz CT molecular complexity index is 169. The van der Waals surface area contributed by atoms with Crippen LogP contribution in [0.15, 0.2) is 21.3 Å². The minimum absolute atomic E-state index is 0.340. The van der Waals surface area contributed by atoms with Crippen molar-refractivity contribution in [2.75, 3.05) is 0 Å². The number of hydrogen-bond acceptors (Lipinski definition) is 2. The second-order valence-electron chi connectivity index (χ2n) is 2.45. The van der Waals surface area contributed by atoms with E-state index in [1.165, 1.54) is 5.57 Å². The van der Waals surface area contributed by atoms with Crippen LogP contribution in [0.25, 0.3) is 0 Å². The van der Waals surface area contributed by atoms with E-state index in [1.54, 1.807) is 5.54 Å². The van der Waals surface area contributed by atoms with Crippen molar-refractivity contribution < 1.29 is 0 Å². The molecule has 2 bridgehead atoms. The van der Waals surface area contributed by atoms with E-state index in [0.29, 0.717) is 12.1 Å². The van der Waals surface area contributed by atoms with Gasteiger partial charge in [0.05, 0.1) is 12.1 Å². The van der Waals surface area contributed by atoms with E-state index in [2.05, 4.69) is 10.2 Å². The van der Waals surface area contributed by atoms with Gasteiger partial charge in [0, 0.05) is 5.54 Å². The van der Waals surface area contributed by atoms with Crippen LogP contribution in [0, 0.1) is 0 Å². The van der Waals surface area contributed by atoms with Gasteiger partial charge in [-0.2, -0.15) is 10.2 Å². The third kappa shape index (κ3) is 0.628. The quantitative estimate of drug-likeness (QED) is 0.495. The topological polar surface area (TPSA) is 24.7 Å². The van der Waals surface area contributed by atoms with Gasteiger partial charge in [0.15, 0.2) is 0 Å². The van der Waals surface area contributed by atoms with Crippen LogP contribution in [0.2, 0.25) is 0 Å². The van der Waals surface area contributed by atoms with E-state index in [9.17, 15) is 0 Å². The number of hydrogen-bond donors (Lipinski definition) is 0. The number of nitrogens with zero attached hydrogens (tertiary/aromatic N) is 2. The largest absolute Gasteiger partial charge is 0.186 e. The molecule has 0 amide bonds. The van der Waals surface area contributed by atoms with Gasteiger partial charge in [0.1, 0.15) is 0 Å². The summed E-state index contributed by atoms with van der Waals surface area (Å²) >= 11 is 5.56. The number of azo groups is 1. The van der Waals surface area contributed by atoms with E-state index in [0.717, 1.165) is 12.8 Å². The summed E-state index contributed by atoms with van der Waals surface area (Å²) in [6.45, 7) is 0. The molecule has 0 radical (unpaired) electrons. The van der Waals surface area contributed by atoms with Crippen LogP contribution >= 0.6 is 11.6 Å². The van der Waals surface area contributed by atoms with Gasteiger partial charge in [-0.3, -0.25) is 0 Å². The molecule has 2 unspecified atom stereocenters. The van der Waals surface area contributed by atoms with Crippen LogP contribution < -0.4 is 0 Å². The summed E-state index contributed by atoms with van der Waals surface area (Å²) in [5, 5.41) is 8.06. The monoisotopic (exact) mass is 142 g/mol. The van der Waals surface area contributed by atoms with Crippen molar-refractivity contribution in [3.8, 4) is 0 Å². The third-order valence-electron chi connectivity index (χ3n) is 1.95. The van der Waals surface area contributed by atoms with Crippen LogP contribution in [0.1, 0.15) is 12.8 Å². The fourth-order valence-corrected chi connectivity index (χ4v) is 1.72. The second-order valence-corrected chi connectivity index (χ2v) is 2.67. The molecular formula is C6H7ClN2. The Morgan fingerprint density at radius 3 is 2.11 bits per heavy atom. The first kappa shape index (κ1) is 5.42. The van der Waals surface area contributed by atoms with Gasteiger partial charge in [-0.05, 0) is 18.4 Å². The number of fused-ring (bicyclic) bond motifs is 2. The van der Waals surface area contributed by atoms with Gasteiger partial charge in [0.2, 0.25) is 0 Å². The summed E-state index contributed by atoms with van der Waals surface area (Å²) in [5.41, 5.74) is 2.86. The zero-order valence-corrected chi connectivity index (χ0v) is 5.67. The number of halogens is 1. The highest BCUT2D eigenvalue weighted by Gasteiger charge is 2.34. The molecule has 0 aromatic heterocycles. The molecule has 9 heavy (non-hydrogen) atoms. The van der Waals surface area contributed by atoms with Crippen molar-refractivity contribution in [3.05, 3.63) is 11.1 Å². The number of rotatable bonds is 0. The molecule has 1 saturated carbocycles. The summed E-state index contributed by atoms with van der Waals surface area (Å²) in [6.07, 6.45) is 2.29. The molecule has 2 aliphatic rings. The van der Waals surface area contributed by atoms with E-state index >= 15 is 0 Å².